The van der Waals surface area contributed by atoms with Gasteiger partial charge in [-0.05, 0) is 41.5 Å². The van der Waals surface area contributed by atoms with Gasteiger partial charge in [0.2, 0.25) is 5.91 Å². The number of carbonyl (C=O) groups is 4. The van der Waals surface area contributed by atoms with Gasteiger partial charge in [0.15, 0.2) is 0 Å². The first kappa shape index (κ1) is 23.5. The first-order chi connectivity index (χ1) is 11.7. The molecule has 1 unspecified atom stereocenters. The second kappa shape index (κ2) is 9.83. The smallest absolute Gasteiger partial charge is 0.408 e. The molecule has 0 saturated carbocycles. The lowest BCUT2D eigenvalue weighted by Gasteiger charge is -2.22. The molecule has 10 heteroatoms. The van der Waals surface area contributed by atoms with Crippen LogP contribution in [-0.2, 0) is 23.8 Å². The van der Waals surface area contributed by atoms with E-state index in [1.807, 2.05) is 0 Å². The molecule has 3 amide bonds. The van der Waals surface area contributed by atoms with Crippen LogP contribution in [0.1, 0.15) is 41.5 Å². The summed E-state index contributed by atoms with van der Waals surface area (Å²) in [5.41, 5.74) is -1.40. The molecule has 0 bridgehead atoms. The Hall–Kier alpha value is -2.52. The Bertz CT molecular complexity index is 521. The fourth-order valence-electron chi connectivity index (χ4n) is 1.55. The highest BCUT2D eigenvalue weighted by Gasteiger charge is 2.24. The van der Waals surface area contributed by atoms with Gasteiger partial charge in [0.05, 0.1) is 13.7 Å². The Balaban J connectivity index is 4.53. The highest BCUT2D eigenvalue weighted by atomic mass is 16.6. The summed E-state index contributed by atoms with van der Waals surface area (Å²) < 4.78 is 14.6. The van der Waals surface area contributed by atoms with E-state index in [-0.39, 0.29) is 6.54 Å². The fraction of sp³-hybridized carbons (Fsp3) is 0.750. The molecule has 0 spiro atoms. The van der Waals surface area contributed by atoms with Gasteiger partial charge in [0.1, 0.15) is 23.8 Å². The number of rotatable bonds is 6. The summed E-state index contributed by atoms with van der Waals surface area (Å²) in [5, 5.41) is 6.98. The highest BCUT2D eigenvalue weighted by Crippen LogP contribution is 2.07. The van der Waals surface area contributed by atoms with Crippen molar-refractivity contribution in [3.05, 3.63) is 0 Å². The van der Waals surface area contributed by atoms with Gasteiger partial charge in [0.25, 0.3) is 0 Å². The van der Waals surface area contributed by atoms with E-state index >= 15 is 0 Å². The predicted octanol–water partition coefficient (Wildman–Crippen LogP) is 0.694. The van der Waals surface area contributed by atoms with Crippen LogP contribution in [0.5, 0.6) is 0 Å². The van der Waals surface area contributed by atoms with Crippen LogP contribution in [0.2, 0.25) is 0 Å². The van der Waals surface area contributed by atoms with Crippen LogP contribution < -0.4 is 16.0 Å². The Morgan fingerprint density at radius 1 is 0.846 bits per heavy atom. The number of amides is 3. The van der Waals surface area contributed by atoms with Crippen LogP contribution in [-0.4, -0.2) is 61.5 Å². The van der Waals surface area contributed by atoms with E-state index in [1.54, 1.807) is 41.5 Å². The average molecular weight is 375 g/mol. The molecular weight excluding hydrogens is 346 g/mol. The van der Waals surface area contributed by atoms with Crippen molar-refractivity contribution in [3.8, 4) is 0 Å². The van der Waals surface area contributed by atoms with Crippen molar-refractivity contribution < 1.29 is 33.4 Å². The normalized spacial score (nSPS) is 12.4. The van der Waals surface area contributed by atoms with Crippen molar-refractivity contribution >= 4 is 24.1 Å². The average Bonchev–Trinajstić information content (AvgIpc) is 2.45. The van der Waals surface area contributed by atoms with E-state index in [0.717, 1.165) is 7.11 Å². The lowest BCUT2D eigenvalue weighted by molar-refractivity contribution is -0.144. The zero-order valence-corrected chi connectivity index (χ0v) is 16.3. The van der Waals surface area contributed by atoms with Gasteiger partial charge < -0.3 is 30.2 Å². The summed E-state index contributed by atoms with van der Waals surface area (Å²) in [4.78, 5) is 46.8. The van der Waals surface area contributed by atoms with E-state index in [4.69, 9.17) is 9.47 Å². The molecule has 0 aliphatic carbocycles. The first-order valence-electron chi connectivity index (χ1n) is 8.04. The van der Waals surface area contributed by atoms with Gasteiger partial charge in [-0.25, -0.2) is 14.4 Å². The third-order valence-electron chi connectivity index (χ3n) is 2.46. The van der Waals surface area contributed by atoms with Crippen molar-refractivity contribution in [1.29, 1.82) is 0 Å². The van der Waals surface area contributed by atoms with Gasteiger partial charge in [-0.1, -0.05) is 0 Å². The van der Waals surface area contributed by atoms with Gasteiger partial charge >= 0.3 is 18.2 Å². The number of carbonyl (C=O) groups excluding carboxylic acids is 4. The summed E-state index contributed by atoms with van der Waals surface area (Å²) in [6.07, 6.45) is -1.51. The fourth-order valence-corrected chi connectivity index (χ4v) is 1.55. The molecule has 0 aromatic rings. The number of hydrogen-bond donors (Lipinski definition) is 3. The minimum atomic E-state index is -1.14. The SMILES string of the molecule is COC(=O)C(CNC(=O)OC(C)(C)C)NC(=O)CNC(=O)OC(C)(C)C. The zero-order chi connectivity index (χ0) is 20.5. The number of methoxy groups -OCH3 is 1. The molecule has 3 N–H and O–H groups in total. The third kappa shape index (κ3) is 11.9. The van der Waals surface area contributed by atoms with E-state index < -0.39 is 47.9 Å². The minimum absolute atomic E-state index is 0.236. The maximum Gasteiger partial charge on any atom is 0.408 e. The molecule has 150 valence electrons. The molecule has 10 nitrogen and oxygen atoms in total. The molecule has 0 saturated heterocycles. The molecule has 0 aromatic heterocycles. The van der Waals surface area contributed by atoms with Crippen LogP contribution in [0.4, 0.5) is 9.59 Å². The van der Waals surface area contributed by atoms with Gasteiger partial charge in [-0.2, -0.15) is 0 Å². The van der Waals surface area contributed by atoms with Crippen molar-refractivity contribution in [2.75, 3.05) is 20.2 Å². The van der Waals surface area contributed by atoms with Gasteiger partial charge in [0, 0.05) is 0 Å². The number of alkyl carbamates (subject to hydrolysis) is 2. The van der Waals surface area contributed by atoms with Crippen molar-refractivity contribution in [3.63, 3.8) is 0 Å². The molecule has 0 heterocycles. The number of ether oxygens (including phenoxy) is 3. The van der Waals surface area contributed by atoms with Crippen LogP contribution in [0.3, 0.4) is 0 Å². The lowest BCUT2D eigenvalue weighted by atomic mass is 10.2. The Morgan fingerprint density at radius 2 is 1.31 bits per heavy atom. The van der Waals surface area contributed by atoms with Gasteiger partial charge in [-0.3, -0.25) is 4.79 Å². The molecular formula is C16H29N3O7. The Labute approximate surface area is 153 Å². The van der Waals surface area contributed by atoms with Crippen molar-refractivity contribution in [1.82, 2.24) is 16.0 Å². The van der Waals surface area contributed by atoms with E-state index in [0.29, 0.717) is 0 Å². The molecule has 0 radical (unpaired) electrons. The maximum atomic E-state index is 11.9. The van der Waals surface area contributed by atoms with Crippen LogP contribution >= 0.6 is 0 Å². The Kier molecular flexibility index (Phi) is 8.88. The third-order valence-corrected chi connectivity index (χ3v) is 2.46. The predicted molar refractivity (Wildman–Crippen MR) is 92.4 cm³/mol. The molecule has 0 aliphatic rings. The second-order valence-electron chi connectivity index (χ2n) is 7.38. The number of hydrogen-bond acceptors (Lipinski definition) is 7. The molecule has 26 heavy (non-hydrogen) atoms. The maximum absolute atomic E-state index is 11.9. The number of esters is 1. The second-order valence-corrected chi connectivity index (χ2v) is 7.38. The van der Waals surface area contributed by atoms with E-state index in [9.17, 15) is 19.2 Å². The quantitative estimate of drug-likeness (QED) is 0.460. The van der Waals surface area contributed by atoms with Crippen molar-refractivity contribution in [2.45, 2.75) is 58.8 Å². The summed E-state index contributed by atoms with van der Waals surface area (Å²) >= 11 is 0. The zero-order valence-electron chi connectivity index (χ0n) is 16.3. The van der Waals surface area contributed by atoms with Crippen molar-refractivity contribution in [2.24, 2.45) is 0 Å². The summed E-state index contributed by atoms with van der Waals surface area (Å²) in [6.45, 7) is 9.47. The number of nitrogens with one attached hydrogen (secondary N) is 3. The lowest BCUT2D eigenvalue weighted by Crippen LogP contribution is -2.52. The molecule has 0 fully saturated rings. The van der Waals surface area contributed by atoms with E-state index in [2.05, 4.69) is 20.7 Å². The first-order valence-corrected chi connectivity index (χ1v) is 8.04. The molecule has 0 rings (SSSR count). The van der Waals surface area contributed by atoms with Crippen LogP contribution in [0.25, 0.3) is 0 Å². The van der Waals surface area contributed by atoms with Crippen LogP contribution in [0, 0.1) is 0 Å². The largest absolute Gasteiger partial charge is 0.467 e. The molecule has 0 aromatic carbocycles. The van der Waals surface area contributed by atoms with E-state index in [1.165, 1.54) is 0 Å². The summed E-state index contributed by atoms with van der Waals surface area (Å²) in [6, 6.07) is -1.14. The molecule has 1 atom stereocenters. The highest BCUT2D eigenvalue weighted by molar-refractivity contribution is 5.87. The van der Waals surface area contributed by atoms with Gasteiger partial charge in [-0.15, -0.1) is 0 Å². The Morgan fingerprint density at radius 3 is 1.73 bits per heavy atom. The summed E-state index contributed by atoms with van der Waals surface area (Å²) in [5.74, 6) is -1.41. The van der Waals surface area contributed by atoms with Crippen LogP contribution in [0.15, 0.2) is 0 Å². The minimum Gasteiger partial charge on any atom is -0.467 e. The summed E-state index contributed by atoms with van der Waals surface area (Å²) in [7, 11) is 1.15. The molecule has 0 aliphatic heterocycles. The monoisotopic (exact) mass is 375 g/mol. The standard InChI is InChI=1S/C16H29N3O7/c1-15(2,3)25-13(22)17-8-10(12(21)24-7)19-11(20)9-18-14(23)26-16(4,5)6/h10H,8-9H2,1-7H3,(H,17,22)(H,18,23)(H,19,20). The topological polar surface area (TPSA) is 132 Å².